The van der Waals surface area contributed by atoms with Gasteiger partial charge in [-0.15, -0.1) is 5.10 Å². The highest BCUT2D eigenvalue weighted by atomic mass is 32.2. The number of aldehydes is 1. The molecule has 3 aromatic rings. The van der Waals surface area contributed by atoms with Gasteiger partial charge in [0.25, 0.3) is 5.56 Å². The van der Waals surface area contributed by atoms with E-state index in [-0.39, 0.29) is 17.3 Å². The maximum atomic E-state index is 13.5. The summed E-state index contributed by atoms with van der Waals surface area (Å²) in [6.45, 7) is 6.90. The predicted molar refractivity (Wildman–Crippen MR) is 144 cm³/mol. The van der Waals surface area contributed by atoms with Crippen molar-refractivity contribution in [3.05, 3.63) is 45.4 Å². The van der Waals surface area contributed by atoms with E-state index in [9.17, 15) is 23.1 Å². The summed E-state index contributed by atoms with van der Waals surface area (Å²) in [6, 6.07) is 4.60. The molecule has 0 aliphatic carbocycles. The van der Waals surface area contributed by atoms with Crippen LogP contribution in [0.4, 0.5) is 0 Å². The lowest BCUT2D eigenvalue weighted by molar-refractivity contribution is 0.112. The molecule has 0 bridgehead atoms. The van der Waals surface area contributed by atoms with Crippen molar-refractivity contribution in [1.29, 1.82) is 0 Å². The van der Waals surface area contributed by atoms with Gasteiger partial charge in [0.1, 0.15) is 11.3 Å². The number of aryl methyl sites for hydroxylation is 2. The van der Waals surface area contributed by atoms with Crippen molar-refractivity contribution in [2.75, 3.05) is 26.3 Å². The van der Waals surface area contributed by atoms with E-state index < -0.39 is 15.6 Å². The third-order valence-electron chi connectivity index (χ3n) is 7.25. The smallest absolute Gasteiger partial charge is 0.275 e. The number of sulfonamides is 1. The Balaban J connectivity index is 1.84. The van der Waals surface area contributed by atoms with Crippen molar-refractivity contribution >= 4 is 21.8 Å². The molecular formula is C27H36N4O6S. The normalized spacial score (nSPS) is 15.3. The topological polar surface area (TPSA) is 134 Å². The molecule has 1 aromatic carbocycles. The molecule has 0 unspecified atom stereocenters. The van der Waals surface area contributed by atoms with E-state index in [4.69, 9.17) is 9.84 Å². The van der Waals surface area contributed by atoms with Crippen LogP contribution in [-0.2, 0) is 22.9 Å². The summed E-state index contributed by atoms with van der Waals surface area (Å²) >= 11 is 0. The van der Waals surface area contributed by atoms with Crippen LogP contribution < -0.4 is 10.3 Å². The summed E-state index contributed by atoms with van der Waals surface area (Å²) in [5.41, 5.74) is 2.07. The fourth-order valence-electron chi connectivity index (χ4n) is 5.32. The first-order chi connectivity index (χ1) is 18.3. The molecule has 0 spiro atoms. The maximum Gasteiger partial charge on any atom is 0.275 e. The van der Waals surface area contributed by atoms with E-state index in [1.165, 1.54) is 21.0 Å². The molecule has 206 valence electrons. The van der Waals surface area contributed by atoms with Gasteiger partial charge in [-0.05, 0) is 68.7 Å². The van der Waals surface area contributed by atoms with E-state index in [1.54, 1.807) is 6.07 Å². The summed E-state index contributed by atoms with van der Waals surface area (Å²) in [5, 5.41) is 13.9. The number of ether oxygens (including phenoxy) is 1. The number of carbonyl (C=O) groups excluding carboxylic acids is 1. The number of hydrogen-bond donors (Lipinski definition) is 2. The lowest BCUT2D eigenvalue weighted by atomic mass is 9.95. The van der Waals surface area contributed by atoms with E-state index in [2.05, 4.69) is 4.98 Å². The minimum absolute atomic E-state index is 0.0865. The summed E-state index contributed by atoms with van der Waals surface area (Å²) in [7, 11) is -3.80. The van der Waals surface area contributed by atoms with Crippen LogP contribution in [-0.4, -0.2) is 65.0 Å². The number of hydrogen-bond acceptors (Lipinski definition) is 7. The molecule has 1 aliphatic rings. The third-order valence-corrected chi connectivity index (χ3v) is 9.14. The Bertz CT molecular complexity index is 1470. The van der Waals surface area contributed by atoms with Crippen molar-refractivity contribution in [3.8, 4) is 17.1 Å². The minimum Gasteiger partial charge on any atom is -0.493 e. The number of aromatic nitrogens is 3. The number of nitrogens with zero attached hydrogens (tertiary/aromatic N) is 3. The van der Waals surface area contributed by atoms with Gasteiger partial charge < -0.3 is 14.8 Å². The highest BCUT2D eigenvalue weighted by Crippen LogP contribution is 2.33. The Morgan fingerprint density at radius 3 is 2.55 bits per heavy atom. The average Bonchev–Trinajstić information content (AvgIpc) is 3.22. The summed E-state index contributed by atoms with van der Waals surface area (Å²) in [6.07, 6.45) is 4.66. The number of carbonyl (C=O) groups is 1. The van der Waals surface area contributed by atoms with Crippen molar-refractivity contribution in [3.63, 3.8) is 0 Å². The Kier molecular flexibility index (Phi) is 8.69. The van der Waals surface area contributed by atoms with Gasteiger partial charge in [-0.1, -0.05) is 20.3 Å². The zero-order valence-corrected chi connectivity index (χ0v) is 23.0. The average molecular weight is 545 g/mol. The Hall–Kier alpha value is -3.02. The minimum atomic E-state index is -3.80. The van der Waals surface area contributed by atoms with Crippen molar-refractivity contribution in [2.45, 2.75) is 64.2 Å². The first kappa shape index (κ1) is 28.0. The van der Waals surface area contributed by atoms with Gasteiger partial charge >= 0.3 is 0 Å². The van der Waals surface area contributed by atoms with Crippen LogP contribution in [0.25, 0.3) is 16.9 Å². The highest BCUT2D eigenvalue weighted by molar-refractivity contribution is 7.89. The Morgan fingerprint density at radius 1 is 1.21 bits per heavy atom. The number of fused-ring (bicyclic) bond motifs is 1. The monoisotopic (exact) mass is 544 g/mol. The number of benzene rings is 1. The second-order valence-corrected chi connectivity index (χ2v) is 11.5. The molecular weight excluding hydrogens is 508 g/mol. The zero-order chi connectivity index (χ0) is 27.4. The molecule has 1 aliphatic heterocycles. The number of aliphatic hydroxyl groups is 1. The first-order valence-corrected chi connectivity index (χ1v) is 14.7. The van der Waals surface area contributed by atoms with Crippen LogP contribution in [0.3, 0.4) is 0 Å². The summed E-state index contributed by atoms with van der Waals surface area (Å²) in [5.74, 6) is 0.870. The molecule has 0 amide bonds. The lowest BCUT2D eigenvalue weighted by Crippen LogP contribution is -2.38. The van der Waals surface area contributed by atoms with Crippen LogP contribution in [0.1, 0.15) is 68.1 Å². The molecule has 2 aromatic heterocycles. The summed E-state index contributed by atoms with van der Waals surface area (Å²) in [4.78, 5) is 28.2. The number of nitrogens with one attached hydrogen (secondary N) is 1. The fraction of sp³-hybridized carbons (Fsp3) is 0.519. The van der Waals surface area contributed by atoms with E-state index >= 15 is 0 Å². The molecule has 2 N–H and O–H groups in total. The van der Waals surface area contributed by atoms with Crippen molar-refractivity contribution in [2.24, 2.45) is 5.92 Å². The Labute approximate surface area is 222 Å². The van der Waals surface area contributed by atoms with Crippen LogP contribution in [0.15, 0.2) is 27.9 Å². The molecule has 4 rings (SSSR count). The quantitative estimate of drug-likeness (QED) is 0.354. The van der Waals surface area contributed by atoms with Crippen LogP contribution >= 0.6 is 0 Å². The highest BCUT2D eigenvalue weighted by Gasteiger charge is 2.30. The van der Waals surface area contributed by atoms with Crippen molar-refractivity contribution < 1.29 is 23.1 Å². The fourth-order valence-corrected chi connectivity index (χ4v) is 6.81. The molecule has 0 radical (unpaired) electrons. The largest absolute Gasteiger partial charge is 0.493 e. The second-order valence-electron chi connectivity index (χ2n) is 9.57. The maximum absolute atomic E-state index is 13.5. The number of aliphatic hydroxyl groups excluding tert-OH is 1. The van der Waals surface area contributed by atoms with Gasteiger partial charge in [-0.25, -0.2) is 12.9 Å². The lowest BCUT2D eigenvalue weighted by Gasteiger charge is -2.31. The Morgan fingerprint density at radius 2 is 1.95 bits per heavy atom. The van der Waals surface area contributed by atoms with Gasteiger partial charge in [-0.2, -0.15) is 4.31 Å². The number of H-pyrrole nitrogens is 1. The molecule has 1 fully saturated rings. The van der Waals surface area contributed by atoms with E-state index in [1.807, 2.05) is 20.8 Å². The van der Waals surface area contributed by atoms with Gasteiger partial charge in [0.15, 0.2) is 12.1 Å². The number of aromatic amines is 1. The van der Waals surface area contributed by atoms with E-state index in [0.29, 0.717) is 91.4 Å². The molecule has 10 nitrogen and oxygen atoms in total. The molecule has 0 atom stereocenters. The summed E-state index contributed by atoms with van der Waals surface area (Å²) < 4.78 is 35.9. The molecule has 3 heterocycles. The number of rotatable bonds is 11. The van der Waals surface area contributed by atoms with Gasteiger partial charge in [-0.3, -0.25) is 9.59 Å². The molecule has 1 saturated heterocycles. The number of piperidine rings is 1. The standard InChI is InChI=1S/C27H36N4O6S/c1-4-7-23-22(17-33)20(5-2)25-27(34)28-26(29-31(23)25)21-16-19(8-9-24(21)37-6-3)38(35,36)30-13-10-18(11-14-30)12-15-32/h8-9,16-18,32H,4-7,10-15H2,1-3H3,(H,28,29,34). The zero-order valence-electron chi connectivity index (χ0n) is 22.2. The first-order valence-electron chi connectivity index (χ1n) is 13.3. The molecule has 0 saturated carbocycles. The van der Waals surface area contributed by atoms with Gasteiger partial charge in [0, 0.05) is 25.3 Å². The predicted octanol–water partition coefficient (Wildman–Crippen LogP) is 3.20. The van der Waals surface area contributed by atoms with Gasteiger partial charge in [0.05, 0.1) is 22.8 Å². The van der Waals surface area contributed by atoms with Crippen molar-refractivity contribution in [1.82, 2.24) is 18.9 Å². The molecule has 11 heteroatoms. The van der Waals surface area contributed by atoms with Crippen LogP contribution in [0.5, 0.6) is 5.75 Å². The van der Waals surface area contributed by atoms with Gasteiger partial charge in [0.2, 0.25) is 10.0 Å². The SMILES string of the molecule is CCCc1c(C=O)c(CC)c2c(=O)[nH]c(-c3cc(S(=O)(=O)N4CCC(CCO)CC4)ccc3OCC)nn12. The van der Waals surface area contributed by atoms with Crippen LogP contribution in [0, 0.1) is 5.92 Å². The molecule has 38 heavy (non-hydrogen) atoms. The second kappa shape index (κ2) is 11.8. The van der Waals surface area contributed by atoms with Crippen LogP contribution in [0.2, 0.25) is 0 Å². The third kappa shape index (κ3) is 5.14. The van der Waals surface area contributed by atoms with E-state index in [0.717, 1.165) is 12.7 Å².